The van der Waals surface area contributed by atoms with Gasteiger partial charge in [0.1, 0.15) is 0 Å². The van der Waals surface area contributed by atoms with Crippen molar-refractivity contribution in [3.05, 3.63) is 29.8 Å². The normalized spacial score (nSPS) is 9.08. The zero-order chi connectivity index (χ0) is 8.10. The molecule has 0 aliphatic carbocycles. The first-order valence-electron chi connectivity index (χ1n) is 4.09. The number of unbranched alkanes of at least 4 members (excludes halogenated alkanes) is 1. The first kappa shape index (κ1) is 12.4. The summed E-state index contributed by atoms with van der Waals surface area (Å²) < 4.78 is 0. The van der Waals surface area contributed by atoms with Crippen LogP contribution in [0.4, 0.5) is 0 Å². The van der Waals surface area contributed by atoms with Gasteiger partial charge in [-0.05, 0) is 18.4 Å². The van der Waals surface area contributed by atoms with E-state index in [1.807, 2.05) is 12.1 Å². The Hall–Kier alpha value is 0.440. The predicted octanol–water partition coefficient (Wildman–Crippen LogP) is -0.0610. The molecule has 0 amide bonds. The van der Waals surface area contributed by atoms with Crippen LogP contribution in [0, 0.1) is 0 Å². The minimum Gasteiger partial charge on any atom is -0.780 e. The van der Waals surface area contributed by atoms with Crippen molar-refractivity contribution in [1.82, 2.24) is 0 Å². The molecule has 0 atom stereocenters. The first-order chi connectivity index (χ1) is 5.33. The number of hydrogen-bond donors (Lipinski definition) is 0. The molecule has 0 heterocycles. The Balaban J connectivity index is 0.00000121. The summed E-state index contributed by atoms with van der Waals surface area (Å²) >= 11 is 4.98. The molecule has 0 radical (unpaired) electrons. The molecule has 0 aliphatic rings. The average molecular weight is 188 g/mol. The summed E-state index contributed by atoms with van der Waals surface area (Å²) in [4.78, 5) is 0.935. The van der Waals surface area contributed by atoms with Gasteiger partial charge in [0, 0.05) is 0 Å². The zero-order valence-corrected chi connectivity index (χ0v) is 10.7. The van der Waals surface area contributed by atoms with Gasteiger partial charge in [0.2, 0.25) is 0 Å². The summed E-state index contributed by atoms with van der Waals surface area (Å²) in [6.07, 6.45) is 3.72. The van der Waals surface area contributed by atoms with Gasteiger partial charge < -0.3 is 12.6 Å². The topological polar surface area (TPSA) is 0 Å². The van der Waals surface area contributed by atoms with Crippen LogP contribution in [-0.2, 0) is 19.0 Å². The quantitative estimate of drug-likeness (QED) is 0.473. The SMILES string of the molecule is CCCCc1ccc([S-])cc1.[Na+]. The zero-order valence-electron chi connectivity index (χ0n) is 7.84. The summed E-state index contributed by atoms with van der Waals surface area (Å²) in [6, 6.07) is 8.25. The van der Waals surface area contributed by atoms with Crippen LogP contribution in [0.25, 0.3) is 0 Å². The van der Waals surface area contributed by atoms with Gasteiger partial charge in [-0.2, -0.15) is 4.90 Å². The summed E-state index contributed by atoms with van der Waals surface area (Å²) in [5.41, 5.74) is 1.40. The number of rotatable bonds is 3. The molecule has 0 N–H and O–H groups in total. The molecule has 1 aromatic carbocycles. The van der Waals surface area contributed by atoms with Crippen molar-refractivity contribution in [1.29, 1.82) is 0 Å². The van der Waals surface area contributed by atoms with Crippen LogP contribution >= 0.6 is 0 Å². The molecule has 0 spiro atoms. The van der Waals surface area contributed by atoms with Crippen molar-refractivity contribution in [3.8, 4) is 0 Å². The van der Waals surface area contributed by atoms with Crippen molar-refractivity contribution < 1.29 is 29.6 Å². The van der Waals surface area contributed by atoms with Gasteiger partial charge in [-0.3, -0.25) is 0 Å². The Labute approximate surface area is 102 Å². The summed E-state index contributed by atoms with van der Waals surface area (Å²) in [7, 11) is 0. The number of hydrogen-bond acceptors (Lipinski definition) is 1. The molecule has 0 nitrogen and oxygen atoms in total. The van der Waals surface area contributed by atoms with Crippen LogP contribution in [0.1, 0.15) is 25.3 Å². The molecule has 2 heteroatoms. The molecule has 0 bridgehead atoms. The van der Waals surface area contributed by atoms with E-state index in [9.17, 15) is 0 Å². The van der Waals surface area contributed by atoms with Gasteiger partial charge in [0.25, 0.3) is 0 Å². The summed E-state index contributed by atoms with van der Waals surface area (Å²) in [5, 5.41) is 0. The van der Waals surface area contributed by atoms with E-state index in [0.29, 0.717) is 0 Å². The molecule has 0 unspecified atom stereocenters. The molecule has 0 aliphatic heterocycles. The van der Waals surface area contributed by atoms with Gasteiger partial charge in [-0.1, -0.05) is 37.6 Å². The molecule has 0 fully saturated rings. The van der Waals surface area contributed by atoms with Gasteiger partial charge in [0.05, 0.1) is 0 Å². The maximum Gasteiger partial charge on any atom is 1.00 e. The van der Waals surface area contributed by atoms with Crippen LogP contribution in [0.15, 0.2) is 29.2 Å². The largest absolute Gasteiger partial charge is 1.00 e. The fourth-order valence-corrected chi connectivity index (χ4v) is 1.17. The molecule has 12 heavy (non-hydrogen) atoms. The Kier molecular flexibility index (Phi) is 7.16. The van der Waals surface area contributed by atoms with E-state index in [1.165, 1.54) is 24.8 Å². The minimum absolute atomic E-state index is 0. The summed E-state index contributed by atoms with van der Waals surface area (Å²) in [6.45, 7) is 2.21. The molecular formula is C10H13NaS. The maximum absolute atomic E-state index is 4.98. The van der Waals surface area contributed by atoms with Crippen LogP contribution in [0.5, 0.6) is 0 Å². The van der Waals surface area contributed by atoms with Crippen LogP contribution in [-0.4, -0.2) is 0 Å². The Morgan fingerprint density at radius 3 is 2.25 bits per heavy atom. The molecule has 0 saturated carbocycles. The van der Waals surface area contributed by atoms with Crippen molar-refractivity contribution in [2.45, 2.75) is 31.1 Å². The second kappa shape index (κ2) is 6.90. The molecule has 0 saturated heterocycles. The van der Waals surface area contributed by atoms with E-state index >= 15 is 0 Å². The predicted molar refractivity (Wildman–Crippen MR) is 50.7 cm³/mol. The molecule has 1 aromatic rings. The maximum atomic E-state index is 4.98. The number of aryl methyl sites for hydroxylation is 1. The van der Waals surface area contributed by atoms with E-state index in [4.69, 9.17) is 12.6 Å². The van der Waals surface area contributed by atoms with Gasteiger partial charge in [0.15, 0.2) is 0 Å². The Morgan fingerprint density at radius 2 is 1.75 bits per heavy atom. The standard InChI is InChI=1S/C10H14S.Na/c1-2-3-4-9-5-7-10(11)8-6-9;/h5-8,11H,2-4H2,1H3;/q;+1/p-1. The second-order valence-electron chi connectivity index (χ2n) is 2.75. The van der Waals surface area contributed by atoms with E-state index in [1.54, 1.807) is 0 Å². The fraction of sp³-hybridized carbons (Fsp3) is 0.400. The third-order valence-corrected chi connectivity index (χ3v) is 2.01. The smallest absolute Gasteiger partial charge is 0.780 e. The third kappa shape index (κ3) is 4.46. The summed E-state index contributed by atoms with van der Waals surface area (Å²) in [5.74, 6) is 0. The minimum atomic E-state index is 0. The monoisotopic (exact) mass is 188 g/mol. The fourth-order valence-electron chi connectivity index (χ4n) is 1.04. The van der Waals surface area contributed by atoms with Crippen molar-refractivity contribution in [3.63, 3.8) is 0 Å². The van der Waals surface area contributed by atoms with Crippen molar-refractivity contribution in [2.75, 3.05) is 0 Å². The third-order valence-electron chi connectivity index (χ3n) is 1.74. The van der Waals surface area contributed by atoms with Crippen LogP contribution in [0.3, 0.4) is 0 Å². The molecule has 1 rings (SSSR count). The van der Waals surface area contributed by atoms with E-state index in [-0.39, 0.29) is 29.6 Å². The molecule has 0 aromatic heterocycles. The van der Waals surface area contributed by atoms with E-state index in [0.717, 1.165) is 4.90 Å². The first-order valence-corrected chi connectivity index (χ1v) is 4.49. The molecule has 60 valence electrons. The van der Waals surface area contributed by atoms with Crippen molar-refractivity contribution in [2.24, 2.45) is 0 Å². The van der Waals surface area contributed by atoms with Gasteiger partial charge in [-0.15, -0.1) is 0 Å². The van der Waals surface area contributed by atoms with E-state index < -0.39 is 0 Å². The van der Waals surface area contributed by atoms with Gasteiger partial charge in [-0.25, -0.2) is 0 Å². The van der Waals surface area contributed by atoms with Crippen LogP contribution in [0.2, 0.25) is 0 Å². The molecular weight excluding hydrogens is 175 g/mol. The Morgan fingerprint density at radius 1 is 1.17 bits per heavy atom. The number of benzene rings is 1. The van der Waals surface area contributed by atoms with E-state index in [2.05, 4.69) is 19.1 Å². The average Bonchev–Trinajstić information content (AvgIpc) is 2.04. The second-order valence-corrected chi connectivity index (χ2v) is 3.22. The van der Waals surface area contributed by atoms with Crippen molar-refractivity contribution >= 4 is 12.6 Å². The van der Waals surface area contributed by atoms with Crippen LogP contribution < -0.4 is 29.6 Å². The Bertz CT molecular complexity index is 206. The van der Waals surface area contributed by atoms with Gasteiger partial charge >= 0.3 is 29.6 Å².